The molecular formula is C35H29F2N7. The van der Waals surface area contributed by atoms with Crippen LogP contribution in [0, 0.1) is 18.6 Å². The zero-order chi connectivity index (χ0) is 29.8. The van der Waals surface area contributed by atoms with Gasteiger partial charge < -0.3 is 14.7 Å². The number of rotatable bonds is 3. The molecule has 1 saturated heterocycles. The summed E-state index contributed by atoms with van der Waals surface area (Å²) < 4.78 is 31.2. The van der Waals surface area contributed by atoms with E-state index in [1.165, 1.54) is 18.2 Å². The predicted octanol–water partition coefficient (Wildman–Crippen LogP) is 6.96. The first kappa shape index (κ1) is 26.3. The lowest BCUT2D eigenvalue weighted by molar-refractivity contribution is 0.389. The minimum Gasteiger partial charge on any atom is -0.368 e. The molecule has 4 aromatic carbocycles. The van der Waals surface area contributed by atoms with E-state index >= 15 is 4.39 Å². The van der Waals surface area contributed by atoms with Crippen molar-refractivity contribution in [2.24, 2.45) is 9.98 Å². The molecule has 0 bridgehead atoms. The van der Waals surface area contributed by atoms with Gasteiger partial charge in [-0.15, -0.1) is 0 Å². The Hall–Kier alpha value is -5.31. The summed E-state index contributed by atoms with van der Waals surface area (Å²) in [4.78, 5) is 17.1. The molecule has 3 aliphatic rings. The molecule has 7 nitrogen and oxygen atoms in total. The van der Waals surface area contributed by atoms with Crippen LogP contribution in [0.2, 0.25) is 0 Å². The largest absolute Gasteiger partial charge is 0.368 e. The molecule has 8 rings (SSSR count). The fourth-order valence-corrected chi connectivity index (χ4v) is 6.48. The van der Waals surface area contributed by atoms with Crippen molar-refractivity contribution >= 4 is 34.6 Å². The standard InChI is InChI=1S/C35H29F2N7/c1-23-31-32(27-11-5-6-12-28(27)37)43-30-14-8-7-13-29(30)38-34(35(43)39-33(31)44(40-23)26-9-3-2-4-10-26)42-21-19-41(20-22-42)25-17-15-24(36)16-18-25/h2-18,32H,19-22H2,1H3. The number of piperazine rings is 1. The van der Waals surface area contributed by atoms with Crippen molar-refractivity contribution in [1.82, 2.24) is 14.7 Å². The molecule has 0 N–H and O–H groups in total. The smallest absolute Gasteiger partial charge is 0.179 e. The fraction of sp³-hybridized carbons (Fsp3) is 0.171. The Morgan fingerprint density at radius 3 is 2.11 bits per heavy atom. The average Bonchev–Trinajstić information content (AvgIpc) is 3.40. The molecule has 1 fully saturated rings. The van der Waals surface area contributed by atoms with Crippen LogP contribution < -0.4 is 9.80 Å². The van der Waals surface area contributed by atoms with E-state index in [0.717, 1.165) is 52.9 Å². The van der Waals surface area contributed by atoms with E-state index in [-0.39, 0.29) is 11.6 Å². The van der Waals surface area contributed by atoms with Crippen molar-refractivity contribution < 1.29 is 8.78 Å². The van der Waals surface area contributed by atoms with Gasteiger partial charge in [0.2, 0.25) is 0 Å². The summed E-state index contributed by atoms with van der Waals surface area (Å²) in [5.41, 5.74) is 5.74. The molecule has 218 valence electrons. The zero-order valence-corrected chi connectivity index (χ0v) is 24.1. The van der Waals surface area contributed by atoms with Crippen molar-refractivity contribution in [2.45, 2.75) is 13.0 Å². The molecule has 1 unspecified atom stereocenters. The van der Waals surface area contributed by atoms with Gasteiger partial charge in [0.15, 0.2) is 17.5 Å². The number of hydrogen-bond donors (Lipinski definition) is 0. The summed E-state index contributed by atoms with van der Waals surface area (Å²) in [5, 5.41) is 4.94. The molecule has 1 aromatic heterocycles. The van der Waals surface area contributed by atoms with Crippen molar-refractivity contribution in [2.75, 3.05) is 36.0 Å². The molecule has 0 saturated carbocycles. The number of nitrogens with zero attached hydrogens (tertiary/aromatic N) is 7. The van der Waals surface area contributed by atoms with Crippen molar-refractivity contribution in [1.29, 1.82) is 0 Å². The van der Waals surface area contributed by atoms with Gasteiger partial charge in [-0.05, 0) is 61.5 Å². The quantitative estimate of drug-likeness (QED) is 0.230. The van der Waals surface area contributed by atoms with Crippen LogP contribution in [-0.4, -0.2) is 52.5 Å². The van der Waals surface area contributed by atoms with Gasteiger partial charge in [-0.2, -0.15) is 5.10 Å². The van der Waals surface area contributed by atoms with E-state index in [9.17, 15) is 4.39 Å². The van der Waals surface area contributed by atoms with E-state index in [2.05, 4.69) is 14.7 Å². The number of aromatic nitrogens is 2. The highest BCUT2D eigenvalue weighted by Gasteiger charge is 2.43. The summed E-state index contributed by atoms with van der Waals surface area (Å²) in [6, 6.07) is 30.9. The normalized spacial score (nSPS) is 17.4. The average molecular weight is 586 g/mol. The maximum Gasteiger partial charge on any atom is 0.179 e. The lowest BCUT2D eigenvalue weighted by Crippen LogP contribution is -2.55. The molecular weight excluding hydrogens is 556 g/mol. The summed E-state index contributed by atoms with van der Waals surface area (Å²) in [6.45, 7) is 4.83. The molecule has 5 aromatic rings. The minimum absolute atomic E-state index is 0.244. The minimum atomic E-state index is -0.511. The monoisotopic (exact) mass is 585 g/mol. The van der Waals surface area contributed by atoms with Crippen LogP contribution in [0.3, 0.4) is 0 Å². The number of aryl methyl sites for hydroxylation is 1. The van der Waals surface area contributed by atoms with Crippen LogP contribution in [0.1, 0.15) is 22.9 Å². The Bertz CT molecular complexity index is 1920. The maximum absolute atomic E-state index is 15.8. The zero-order valence-electron chi connectivity index (χ0n) is 24.1. The molecule has 0 amide bonds. The summed E-state index contributed by atoms with van der Waals surface area (Å²) in [5.74, 6) is 1.55. The molecule has 1 atom stereocenters. The van der Waals surface area contributed by atoms with Crippen molar-refractivity contribution in [3.05, 3.63) is 132 Å². The Kier molecular flexibility index (Phi) is 6.25. The topological polar surface area (TPSA) is 52.3 Å². The highest BCUT2D eigenvalue weighted by molar-refractivity contribution is 6.48. The second-order valence-corrected chi connectivity index (χ2v) is 11.2. The van der Waals surface area contributed by atoms with Crippen molar-refractivity contribution in [3.8, 4) is 5.69 Å². The fourth-order valence-electron chi connectivity index (χ4n) is 6.48. The van der Waals surface area contributed by atoms with E-state index in [0.29, 0.717) is 30.3 Å². The first-order valence-electron chi connectivity index (χ1n) is 14.8. The maximum atomic E-state index is 15.8. The van der Waals surface area contributed by atoms with Gasteiger partial charge in [0.25, 0.3) is 0 Å². The van der Waals surface area contributed by atoms with Crippen LogP contribution in [-0.2, 0) is 0 Å². The summed E-state index contributed by atoms with van der Waals surface area (Å²) in [6.07, 6.45) is 0. The molecule has 44 heavy (non-hydrogen) atoms. The third kappa shape index (κ3) is 4.26. The Morgan fingerprint density at radius 2 is 1.34 bits per heavy atom. The Labute approximate surface area is 254 Å². The molecule has 9 heteroatoms. The van der Waals surface area contributed by atoms with E-state index < -0.39 is 6.04 Å². The second kappa shape index (κ2) is 10.4. The Balaban J connectivity index is 1.28. The number of halogens is 2. The Morgan fingerprint density at radius 1 is 0.659 bits per heavy atom. The van der Waals surface area contributed by atoms with Gasteiger partial charge in [-0.1, -0.05) is 48.5 Å². The van der Waals surface area contributed by atoms with Gasteiger partial charge in [-0.3, -0.25) is 0 Å². The van der Waals surface area contributed by atoms with E-state index in [1.54, 1.807) is 6.07 Å². The van der Waals surface area contributed by atoms with Gasteiger partial charge in [0.1, 0.15) is 11.6 Å². The van der Waals surface area contributed by atoms with E-state index in [1.807, 2.05) is 90.5 Å². The first-order valence-corrected chi connectivity index (χ1v) is 14.8. The highest BCUT2D eigenvalue weighted by atomic mass is 19.1. The van der Waals surface area contributed by atoms with Crippen molar-refractivity contribution in [3.63, 3.8) is 0 Å². The molecule has 3 aliphatic heterocycles. The second-order valence-electron chi connectivity index (χ2n) is 11.2. The van der Waals surface area contributed by atoms with E-state index in [4.69, 9.17) is 15.1 Å². The van der Waals surface area contributed by atoms with Crippen LogP contribution >= 0.6 is 0 Å². The number of amidine groups is 2. The molecule has 0 spiro atoms. The highest BCUT2D eigenvalue weighted by Crippen LogP contribution is 2.48. The molecule has 0 radical (unpaired) electrons. The summed E-state index contributed by atoms with van der Waals surface area (Å²) >= 11 is 0. The first-order chi connectivity index (χ1) is 21.6. The number of fused-ring (bicyclic) bond motifs is 4. The third-order valence-electron chi connectivity index (χ3n) is 8.59. The number of anilines is 2. The van der Waals surface area contributed by atoms with Crippen LogP contribution in [0.15, 0.2) is 113 Å². The number of aliphatic imine (C=N–C) groups is 2. The lowest BCUT2D eigenvalue weighted by atomic mass is 9.93. The lowest BCUT2D eigenvalue weighted by Gasteiger charge is -2.44. The predicted molar refractivity (Wildman–Crippen MR) is 170 cm³/mol. The van der Waals surface area contributed by atoms with Gasteiger partial charge in [0, 0.05) is 43.0 Å². The number of para-hydroxylation sites is 3. The molecule has 4 heterocycles. The third-order valence-corrected chi connectivity index (χ3v) is 8.59. The van der Waals surface area contributed by atoms with Gasteiger partial charge in [0.05, 0.1) is 28.8 Å². The van der Waals surface area contributed by atoms with Crippen LogP contribution in [0.25, 0.3) is 5.69 Å². The van der Waals surface area contributed by atoms with Gasteiger partial charge in [-0.25, -0.2) is 23.4 Å². The number of hydrogen-bond acceptors (Lipinski definition) is 6. The van der Waals surface area contributed by atoms with Crippen LogP contribution in [0.4, 0.5) is 31.7 Å². The summed E-state index contributed by atoms with van der Waals surface area (Å²) in [7, 11) is 0. The number of benzene rings is 4. The molecule has 0 aliphatic carbocycles. The van der Waals surface area contributed by atoms with Crippen LogP contribution in [0.5, 0.6) is 0 Å². The van der Waals surface area contributed by atoms with Gasteiger partial charge >= 0.3 is 0 Å². The SMILES string of the molecule is Cc1nn(-c2ccccc2)c2c1C(c1ccccc1F)N1C(=N2)C(N2CCN(c3ccc(F)cc3)CC2)=Nc2ccccc21.